The van der Waals surface area contributed by atoms with Crippen LogP contribution in [0.3, 0.4) is 0 Å². The van der Waals surface area contributed by atoms with E-state index in [1.165, 1.54) is 32.8 Å². The van der Waals surface area contributed by atoms with Crippen molar-refractivity contribution in [1.29, 1.82) is 0 Å². The molecular formula is C15H20BrNO2. The lowest BCUT2D eigenvalue weighted by atomic mass is 9.87. The molecule has 1 aromatic rings. The van der Waals surface area contributed by atoms with Crippen LogP contribution in [-0.4, -0.2) is 13.1 Å². The molecule has 0 radical (unpaired) electrons. The van der Waals surface area contributed by atoms with Crippen molar-refractivity contribution in [2.75, 3.05) is 12.8 Å². The Labute approximate surface area is 122 Å². The van der Waals surface area contributed by atoms with Gasteiger partial charge in [-0.1, -0.05) is 37.8 Å². The Balaban J connectivity index is 2.25. The van der Waals surface area contributed by atoms with E-state index in [1.54, 1.807) is 0 Å². The highest BCUT2D eigenvalue weighted by molar-refractivity contribution is 9.10. The Bertz CT molecular complexity index is 455. The predicted octanol–water partition coefficient (Wildman–Crippen LogP) is 3.87. The molecule has 0 bridgehead atoms. The van der Waals surface area contributed by atoms with Gasteiger partial charge in [-0.2, -0.15) is 0 Å². The highest BCUT2D eigenvalue weighted by Crippen LogP contribution is 2.38. The number of ether oxygens (including phenoxy) is 1. The summed E-state index contributed by atoms with van der Waals surface area (Å²) in [6.45, 7) is 0. The number of carbonyl (C=O) groups is 1. The summed E-state index contributed by atoms with van der Waals surface area (Å²) in [6.07, 6.45) is 5.80. The molecule has 1 saturated carbocycles. The van der Waals surface area contributed by atoms with E-state index in [1.807, 2.05) is 18.2 Å². The van der Waals surface area contributed by atoms with Gasteiger partial charge < -0.3 is 10.5 Å². The fourth-order valence-corrected chi connectivity index (χ4v) is 3.31. The van der Waals surface area contributed by atoms with Gasteiger partial charge in [-0.25, -0.2) is 0 Å². The van der Waals surface area contributed by atoms with Crippen molar-refractivity contribution in [3.8, 4) is 0 Å². The molecule has 1 unspecified atom stereocenters. The smallest absolute Gasteiger partial charge is 0.313 e. The molecule has 2 rings (SSSR count). The number of hydrogen-bond acceptors (Lipinski definition) is 3. The molecule has 0 amide bonds. The maximum atomic E-state index is 12.1. The van der Waals surface area contributed by atoms with Gasteiger partial charge >= 0.3 is 5.97 Å². The van der Waals surface area contributed by atoms with Crippen LogP contribution >= 0.6 is 15.9 Å². The number of methoxy groups -OCH3 is 1. The minimum atomic E-state index is -0.245. The molecule has 2 N–H and O–H groups in total. The molecule has 3 nitrogen and oxygen atoms in total. The highest BCUT2D eigenvalue weighted by Gasteiger charge is 2.28. The average Bonchev–Trinajstić information content (AvgIpc) is 2.92. The van der Waals surface area contributed by atoms with Crippen LogP contribution in [0, 0.1) is 5.92 Å². The summed E-state index contributed by atoms with van der Waals surface area (Å²) in [4.78, 5) is 12.1. The predicted molar refractivity (Wildman–Crippen MR) is 79.9 cm³/mol. The van der Waals surface area contributed by atoms with Crippen LogP contribution in [0.5, 0.6) is 0 Å². The van der Waals surface area contributed by atoms with Crippen molar-refractivity contribution in [3.05, 3.63) is 28.2 Å². The molecule has 1 aromatic carbocycles. The number of esters is 1. The zero-order chi connectivity index (χ0) is 13.8. The summed E-state index contributed by atoms with van der Waals surface area (Å²) in [7, 11) is 1.44. The topological polar surface area (TPSA) is 52.3 Å². The second-order valence-corrected chi connectivity index (χ2v) is 6.06. The van der Waals surface area contributed by atoms with Gasteiger partial charge in [0.15, 0.2) is 0 Å². The van der Waals surface area contributed by atoms with Gasteiger partial charge in [0.2, 0.25) is 0 Å². The van der Waals surface area contributed by atoms with E-state index in [0.717, 1.165) is 16.5 Å². The molecule has 1 aliphatic rings. The summed E-state index contributed by atoms with van der Waals surface area (Å²) in [5.41, 5.74) is 7.63. The largest absolute Gasteiger partial charge is 0.469 e. The van der Waals surface area contributed by atoms with E-state index in [9.17, 15) is 4.79 Å². The van der Waals surface area contributed by atoms with Crippen molar-refractivity contribution in [3.63, 3.8) is 0 Å². The maximum Gasteiger partial charge on any atom is 0.313 e. The molecule has 0 aromatic heterocycles. The van der Waals surface area contributed by atoms with E-state index >= 15 is 0 Å². The van der Waals surface area contributed by atoms with Crippen molar-refractivity contribution < 1.29 is 9.53 Å². The fourth-order valence-electron chi connectivity index (χ4n) is 2.93. The van der Waals surface area contributed by atoms with E-state index in [4.69, 9.17) is 10.5 Å². The normalized spacial score (nSPS) is 17.4. The number of nitrogens with two attached hydrogens (primary N) is 1. The van der Waals surface area contributed by atoms with Gasteiger partial charge in [-0.05, 0) is 39.9 Å². The van der Waals surface area contributed by atoms with E-state index < -0.39 is 0 Å². The van der Waals surface area contributed by atoms with Crippen LogP contribution in [0.2, 0.25) is 0 Å². The van der Waals surface area contributed by atoms with Crippen LogP contribution in [-0.2, 0) is 9.53 Å². The summed E-state index contributed by atoms with van der Waals surface area (Å²) in [5, 5.41) is 0. The minimum absolute atomic E-state index is 0.184. The first-order chi connectivity index (χ1) is 9.13. The lowest BCUT2D eigenvalue weighted by Crippen LogP contribution is -2.18. The van der Waals surface area contributed by atoms with Crippen molar-refractivity contribution in [2.24, 2.45) is 5.92 Å². The molecule has 19 heavy (non-hydrogen) atoms. The third-order valence-electron chi connectivity index (χ3n) is 3.99. The zero-order valence-corrected chi connectivity index (χ0v) is 12.8. The van der Waals surface area contributed by atoms with Crippen LogP contribution in [0.4, 0.5) is 5.69 Å². The summed E-state index contributed by atoms with van der Waals surface area (Å²) < 4.78 is 5.80. The lowest BCUT2D eigenvalue weighted by Gasteiger charge is -2.20. The third-order valence-corrected chi connectivity index (χ3v) is 4.68. The third kappa shape index (κ3) is 3.30. The van der Waals surface area contributed by atoms with Gasteiger partial charge in [0.1, 0.15) is 0 Å². The van der Waals surface area contributed by atoms with Crippen LogP contribution in [0.1, 0.15) is 43.6 Å². The number of rotatable bonds is 4. The Morgan fingerprint density at radius 1 is 1.47 bits per heavy atom. The monoisotopic (exact) mass is 325 g/mol. The standard InChI is InChI=1S/C15H20BrNO2/c1-19-15(18)12(9-10-5-2-3-6-10)11-7-4-8-13(16)14(11)17/h4,7-8,10,12H,2-3,5-6,9,17H2,1H3. The quantitative estimate of drug-likeness (QED) is 0.675. The molecule has 1 fully saturated rings. The summed E-state index contributed by atoms with van der Waals surface area (Å²) >= 11 is 3.42. The van der Waals surface area contributed by atoms with Crippen LogP contribution in [0.15, 0.2) is 22.7 Å². The fraction of sp³-hybridized carbons (Fsp3) is 0.533. The second-order valence-electron chi connectivity index (χ2n) is 5.20. The van der Waals surface area contributed by atoms with Gasteiger partial charge in [-0.15, -0.1) is 0 Å². The molecule has 0 spiro atoms. The van der Waals surface area contributed by atoms with Crippen LogP contribution < -0.4 is 5.73 Å². The van der Waals surface area contributed by atoms with E-state index in [2.05, 4.69) is 15.9 Å². The molecule has 4 heteroatoms. The number of halogens is 1. The molecule has 1 atom stereocenters. The Morgan fingerprint density at radius 2 is 2.16 bits per heavy atom. The number of nitrogen functional groups attached to an aromatic ring is 1. The number of carbonyl (C=O) groups excluding carboxylic acids is 1. The zero-order valence-electron chi connectivity index (χ0n) is 11.2. The number of para-hydroxylation sites is 1. The van der Waals surface area contributed by atoms with Crippen molar-refractivity contribution in [2.45, 2.75) is 38.0 Å². The molecular weight excluding hydrogens is 306 g/mol. The Morgan fingerprint density at radius 3 is 2.79 bits per heavy atom. The van der Waals surface area contributed by atoms with E-state index in [-0.39, 0.29) is 11.9 Å². The van der Waals surface area contributed by atoms with Gasteiger partial charge in [0, 0.05) is 10.2 Å². The first-order valence-electron chi connectivity index (χ1n) is 6.75. The van der Waals surface area contributed by atoms with E-state index in [0.29, 0.717) is 11.6 Å². The first kappa shape index (κ1) is 14.4. The molecule has 1 aliphatic carbocycles. The summed E-state index contributed by atoms with van der Waals surface area (Å²) in [5.74, 6) is 0.185. The van der Waals surface area contributed by atoms with Crippen LogP contribution in [0.25, 0.3) is 0 Å². The molecule has 104 valence electrons. The second kappa shape index (κ2) is 6.42. The molecule has 0 saturated heterocycles. The maximum absolute atomic E-state index is 12.1. The minimum Gasteiger partial charge on any atom is -0.469 e. The SMILES string of the molecule is COC(=O)C(CC1CCCC1)c1cccc(Br)c1N. The molecule has 0 heterocycles. The van der Waals surface area contributed by atoms with Crippen molar-refractivity contribution >= 4 is 27.6 Å². The van der Waals surface area contributed by atoms with Gasteiger partial charge in [0.05, 0.1) is 13.0 Å². The lowest BCUT2D eigenvalue weighted by molar-refractivity contribution is -0.142. The van der Waals surface area contributed by atoms with Gasteiger partial charge in [-0.3, -0.25) is 4.79 Å². The Kier molecular flexibility index (Phi) is 4.86. The number of hydrogen-bond donors (Lipinski definition) is 1. The number of anilines is 1. The Hall–Kier alpha value is -1.03. The molecule has 0 aliphatic heterocycles. The van der Waals surface area contributed by atoms with Gasteiger partial charge in [0.25, 0.3) is 0 Å². The summed E-state index contributed by atoms with van der Waals surface area (Å²) in [6, 6.07) is 5.74. The average molecular weight is 326 g/mol. The first-order valence-corrected chi connectivity index (χ1v) is 7.54. The number of benzene rings is 1. The van der Waals surface area contributed by atoms with Crippen molar-refractivity contribution in [1.82, 2.24) is 0 Å². The highest BCUT2D eigenvalue weighted by atomic mass is 79.9.